The molecule has 1 aromatic heterocycles. The Bertz CT molecular complexity index is 254. The van der Waals surface area contributed by atoms with Gasteiger partial charge in [-0.1, -0.05) is 6.92 Å². The first-order valence-corrected chi connectivity index (χ1v) is 5.31. The molecule has 0 aromatic carbocycles. The highest BCUT2D eigenvalue weighted by molar-refractivity contribution is 7.07. The van der Waals surface area contributed by atoms with Crippen LogP contribution in [0.5, 0.6) is 0 Å². The summed E-state index contributed by atoms with van der Waals surface area (Å²) in [6.07, 6.45) is 1.63. The Hall–Kier alpha value is -0.830. The summed E-state index contributed by atoms with van der Waals surface area (Å²) in [5.41, 5.74) is 1.22. The van der Waals surface area contributed by atoms with Gasteiger partial charge in [0.2, 0.25) is 0 Å². The van der Waals surface area contributed by atoms with Gasteiger partial charge >= 0.3 is 5.97 Å². The summed E-state index contributed by atoms with van der Waals surface area (Å²) in [7, 11) is 1.44. The van der Waals surface area contributed by atoms with E-state index in [2.05, 4.69) is 11.4 Å². The molecule has 0 saturated carbocycles. The summed E-state index contributed by atoms with van der Waals surface area (Å²) in [4.78, 5) is 11.3. The van der Waals surface area contributed by atoms with Gasteiger partial charge in [-0.05, 0) is 35.2 Å². The van der Waals surface area contributed by atoms with Crippen molar-refractivity contribution in [2.45, 2.75) is 19.8 Å². The molecule has 0 fully saturated rings. The molecule has 1 heterocycles. The van der Waals surface area contributed by atoms with Gasteiger partial charge in [0.1, 0.15) is 0 Å². The Morgan fingerprint density at radius 1 is 1.69 bits per heavy atom. The minimum absolute atomic E-state index is 0.0135. The standard InChI is InChI=1S/C10H14O2S/c1-3-9(10(11)12-2)6-8-4-5-13-7-8/h4-5,7,9H,3,6H2,1-2H3. The zero-order chi connectivity index (χ0) is 9.68. The SMILES string of the molecule is CCC(Cc1ccsc1)C(=O)OC. The summed E-state index contributed by atoms with van der Waals surface area (Å²) in [6, 6.07) is 2.05. The summed E-state index contributed by atoms with van der Waals surface area (Å²) < 4.78 is 4.72. The fourth-order valence-electron chi connectivity index (χ4n) is 1.25. The van der Waals surface area contributed by atoms with Gasteiger partial charge in [0.05, 0.1) is 13.0 Å². The molecule has 1 atom stereocenters. The number of hydrogen-bond acceptors (Lipinski definition) is 3. The van der Waals surface area contributed by atoms with E-state index in [0.29, 0.717) is 0 Å². The molecule has 1 aromatic rings. The van der Waals surface area contributed by atoms with Crippen LogP contribution in [0, 0.1) is 5.92 Å². The number of thiophene rings is 1. The monoisotopic (exact) mass is 198 g/mol. The van der Waals surface area contributed by atoms with Crippen LogP contribution < -0.4 is 0 Å². The van der Waals surface area contributed by atoms with Crippen molar-refractivity contribution in [1.82, 2.24) is 0 Å². The molecule has 1 unspecified atom stereocenters. The zero-order valence-electron chi connectivity index (χ0n) is 7.95. The van der Waals surface area contributed by atoms with E-state index in [0.717, 1.165) is 12.8 Å². The molecule has 1 rings (SSSR count). The molecule has 2 nitrogen and oxygen atoms in total. The third-order valence-electron chi connectivity index (χ3n) is 2.09. The van der Waals surface area contributed by atoms with Crippen molar-refractivity contribution < 1.29 is 9.53 Å². The first kappa shape index (κ1) is 10.3. The first-order valence-electron chi connectivity index (χ1n) is 4.36. The number of hydrogen-bond donors (Lipinski definition) is 0. The van der Waals surface area contributed by atoms with Gasteiger partial charge in [-0.3, -0.25) is 4.79 Å². The predicted molar refractivity (Wildman–Crippen MR) is 53.8 cm³/mol. The van der Waals surface area contributed by atoms with E-state index >= 15 is 0 Å². The number of carbonyl (C=O) groups is 1. The van der Waals surface area contributed by atoms with Gasteiger partial charge in [-0.25, -0.2) is 0 Å². The van der Waals surface area contributed by atoms with Crippen molar-refractivity contribution in [1.29, 1.82) is 0 Å². The summed E-state index contributed by atoms with van der Waals surface area (Å²) in [5, 5.41) is 4.10. The molecule has 3 heteroatoms. The molecule has 0 radical (unpaired) electrons. The normalized spacial score (nSPS) is 12.5. The topological polar surface area (TPSA) is 26.3 Å². The molecule has 0 N–H and O–H groups in total. The highest BCUT2D eigenvalue weighted by atomic mass is 32.1. The minimum Gasteiger partial charge on any atom is -0.469 e. The van der Waals surface area contributed by atoms with Crippen molar-refractivity contribution in [3.63, 3.8) is 0 Å². The lowest BCUT2D eigenvalue weighted by atomic mass is 9.99. The average molecular weight is 198 g/mol. The van der Waals surface area contributed by atoms with Gasteiger partial charge < -0.3 is 4.74 Å². The first-order chi connectivity index (χ1) is 6.27. The molecule has 0 spiro atoms. The average Bonchev–Trinajstić information content (AvgIpc) is 2.65. The number of esters is 1. The Labute approximate surface area is 82.5 Å². The predicted octanol–water partition coefficient (Wildman–Crippen LogP) is 2.49. The molecule has 0 aliphatic heterocycles. The quantitative estimate of drug-likeness (QED) is 0.695. The van der Waals surface area contributed by atoms with Crippen molar-refractivity contribution >= 4 is 17.3 Å². The van der Waals surface area contributed by atoms with Crippen LogP contribution in [0.4, 0.5) is 0 Å². The van der Waals surface area contributed by atoms with Gasteiger partial charge in [0.15, 0.2) is 0 Å². The lowest BCUT2D eigenvalue weighted by Crippen LogP contribution is -2.17. The highest BCUT2D eigenvalue weighted by Crippen LogP contribution is 2.15. The second-order valence-electron chi connectivity index (χ2n) is 2.96. The molecule has 0 saturated heterocycles. The third kappa shape index (κ3) is 2.84. The fraction of sp³-hybridized carbons (Fsp3) is 0.500. The van der Waals surface area contributed by atoms with Crippen molar-refractivity contribution in [3.8, 4) is 0 Å². The van der Waals surface area contributed by atoms with Crippen molar-refractivity contribution in [2.24, 2.45) is 5.92 Å². The molecular formula is C10H14O2S. The van der Waals surface area contributed by atoms with Crippen molar-refractivity contribution in [2.75, 3.05) is 7.11 Å². The van der Waals surface area contributed by atoms with Gasteiger partial charge in [-0.2, -0.15) is 11.3 Å². The molecular weight excluding hydrogens is 184 g/mol. The van der Waals surface area contributed by atoms with Crippen LogP contribution in [-0.4, -0.2) is 13.1 Å². The molecule has 0 aliphatic carbocycles. The zero-order valence-corrected chi connectivity index (χ0v) is 8.76. The summed E-state index contributed by atoms with van der Waals surface area (Å²) in [6.45, 7) is 2.01. The van der Waals surface area contributed by atoms with E-state index in [9.17, 15) is 4.79 Å². The van der Waals surface area contributed by atoms with Crippen LogP contribution >= 0.6 is 11.3 Å². The van der Waals surface area contributed by atoms with Crippen molar-refractivity contribution in [3.05, 3.63) is 22.4 Å². The van der Waals surface area contributed by atoms with Crippen LogP contribution in [0.1, 0.15) is 18.9 Å². The summed E-state index contributed by atoms with van der Waals surface area (Å²) in [5.74, 6) is -0.0895. The summed E-state index contributed by atoms with van der Waals surface area (Å²) >= 11 is 1.66. The lowest BCUT2D eigenvalue weighted by molar-refractivity contribution is -0.145. The molecule has 0 aliphatic rings. The molecule has 72 valence electrons. The fourth-order valence-corrected chi connectivity index (χ4v) is 1.94. The van der Waals surface area contributed by atoms with Crippen LogP contribution in [0.15, 0.2) is 16.8 Å². The Kier molecular flexibility index (Phi) is 3.96. The molecule has 0 bridgehead atoms. The lowest BCUT2D eigenvalue weighted by Gasteiger charge is -2.10. The van der Waals surface area contributed by atoms with Gasteiger partial charge in [0.25, 0.3) is 0 Å². The van der Waals surface area contributed by atoms with Gasteiger partial charge in [-0.15, -0.1) is 0 Å². The van der Waals surface area contributed by atoms with E-state index < -0.39 is 0 Å². The maximum atomic E-state index is 11.3. The second-order valence-corrected chi connectivity index (χ2v) is 3.74. The maximum Gasteiger partial charge on any atom is 0.308 e. The second kappa shape index (κ2) is 5.02. The largest absolute Gasteiger partial charge is 0.469 e. The van der Waals surface area contributed by atoms with Crippen LogP contribution in [0.2, 0.25) is 0 Å². The Morgan fingerprint density at radius 3 is 2.92 bits per heavy atom. The van der Waals surface area contributed by atoms with Crippen LogP contribution in [0.25, 0.3) is 0 Å². The van der Waals surface area contributed by atoms with Crippen LogP contribution in [0.3, 0.4) is 0 Å². The van der Waals surface area contributed by atoms with E-state index in [1.807, 2.05) is 12.3 Å². The highest BCUT2D eigenvalue weighted by Gasteiger charge is 2.17. The third-order valence-corrected chi connectivity index (χ3v) is 2.82. The van der Waals surface area contributed by atoms with E-state index in [1.165, 1.54) is 12.7 Å². The number of methoxy groups -OCH3 is 1. The Balaban J connectivity index is 2.54. The van der Waals surface area contributed by atoms with E-state index in [-0.39, 0.29) is 11.9 Å². The number of carbonyl (C=O) groups excluding carboxylic acids is 1. The number of ether oxygens (including phenoxy) is 1. The van der Waals surface area contributed by atoms with E-state index in [1.54, 1.807) is 11.3 Å². The maximum absolute atomic E-state index is 11.3. The smallest absolute Gasteiger partial charge is 0.308 e. The molecule has 0 amide bonds. The Morgan fingerprint density at radius 2 is 2.46 bits per heavy atom. The van der Waals surface area contributed by atoms with Gasteiger partial charge in [0, 0.05) is 0 Å². The van der Waals surface area contributed by atoms with Crippen LogP contribution in [-0.2, 0) is 16.0 Å². The number of rotatable bonds is 4. The molecule has 13 heavy (non-hydrogen) atoms. The minimum atomic E-state index is -0.103. The van der Waals surface area contributed by atoms with E-state index in [4.69, 9.17) is 4.74 Å².